The first-order chi connectivity index (χ1) is 9.10. The van der Waals surface area contributed by atoms with Crippen LogP contribution in [0.15, 0.2) is 51.4 Å². The molecule has 1 nitrogen and oxygen atoms in total. The summed E-state index contributed by atoms with van der Waals surface area (Å²) in [7, 11) is 2.12. The second kappa shape index (κ2) is 6.91. The minimum atomic E-state index is 0.861. The van der Waals surface area contributed by atoms with Crippen LogP contribution in [0.2, 0.25) is 0 Å². The van der Waals surface area contributed by atoms with Crippen molar-refractivity contribution in [2.24, 2.45) is 0 Å². The van der Waals surface area contributed by atoms with Gasteiger partial charge in [-0.2, -0.15) is 0 Å². The Morgan fingerprint density at radius 2 is 1.58 bits per heavy atom. The van der Waals surface area contributed by atoms with Crippen molar-refractivity contribution in [1.82, 2.24) is 0 Å². The lowest BCUT2D eigenvalue weighted by Crippen LogP contribution is -2.17. The van der Waals surface area contributed by atoms with Gasteiger partial charge in [-0.1, -0.05) is 66.0 Å². The number of alkyl halides is 1. The molecule has 0 atom stereocenters. The summed E-state index contributed by atoms with van der Waals surface area (Å²) in [5, 5.41) is 0.861. The van der Waals surface area contributed by atoms with Crippen LogP contribution in [-0.2, 0) is 11.9 Å². The Hall–Kier alpha value is -0.320. The Morgan fingerprint density at radius 1 is 0.947 bits per heavy atom. The first-order valence-electron chi connectivity index (χ1n) is 5.90. The summed E-state index contributed by atoms with van der Waals surface area (Å²) in [6.45, 7) is 0.893. The van der Waals surface area contributed by atoms with Crippen LogP contribution in [0.5, 0.6) is 0 Å². The van der Waals surface area contributed by atoms with E-state index in [2.05, 4.69) is 102 Å². The van der Waals surface area contributed by atoms with Crippen LogP contribution >= 0.6 is 47.8 Å². The van der Waals surface area contributed by atoms with Crippen LogP contribution in [0.25, 0.3) is 0 Å². The van der Waals surface area contributed by atoms with Crippen molar-refractivity contribution in [2.45, 2.75) is 11.9 Å². The fourth-order valence-corrected chi connectivity index (χ4v) is 3.04. The molecule has 0 aliphatic carbocycles. The molecule has 0 aromatic heterocycles. The van der Waals surface area contributed by atoms with Gasteiger partial charge >= 0.3 is 0 Å². The molecule has 0 N–H and O–H groups in total. The molecule has 100 valence electrons. The lowest BCUT2D eigenvalue weighted by Gasteiger charge is -2.22. The maximum absolute atomic E-state index is 3.55. The normalized spacial score (nSPS) is 10.5. The Kier molecular flexibility index (Phi) is 5.48. The van der Waals surface area contributed by atoms with Gasteiger partial charge < -0.3 is 4.90 Å². The van der Waals surface area contributed by atoms with E-state index in [4.69, 9.17) is 0 Å². The summed E-state index contributed by atoms with van der Waals surface area (Å²) >= 11 is 10.6. The number of halogens is 3. The summed E-state index contributed by atoms with van der Waals surface area (Å²) in [6, 6.07) is 14.8. The highest BCUT2D eigenvalue weighted by molar-refractivity contribution is 9.10. The van der Waals surface area contributed by atoms with Gasteiger partial charge in [0, 0.05) is 33.6 Å². The molecular formula is C15H14Br3N. The summed E-state index contributed by atoms with van der Waals surface area (Å²) in [4.78, 5) is 2.27. The van der Waals surface area contributed by atoms with Crippen LogP contribution < -0.4 is 4.90 Å². The second-order valence-corrected chi connectivity index (χ2v) is 6.78. The number of nitrogens with zero attached hydrogens (tertiary/aromatic N) is 1. The van der Waals surface area contributed by atoms with Gasteiger partial charge in [0.15, 0.2) is 0 Å². The molecule has 0 unspecified atom stereocenters. The standard InChI is InChI=1S/C15H14Br3N/c1-19(10-11-2-5-13(17)6-3-11)15-8-14(18)7-4-12(15)9-16/h2-8H,9-10H2,1H3. The maximum atomic E-state index is 3.55. The van der Waals surface area contributed by atoms with Crippen LogP contribution in [0.3, 0.4) is 0 Å². The second-order valence-electron chi connectivity index (χ2n) is 4.39. The largest absolute Gasteiger partial charge is 0.370 e. The van der Waals surface area contributed by atoms with Crippen LogP contribution in [-0.4, -0.2) is 7.05 Å². The molecule has 0 aliphatic rings. The Balaban J connectivity index is 2.21. The topological polar surface area (TPSA) is 3.24 Å². The zero-order valence-electron chi connectivity index (χ0n) is 10.5. The molecule has 2 aromatic rings. The molecule has 0 amide bonds. The van der Waals surface area contributed by atoms with Gasteiger partial charge in [0.2, 0.25) is 0 Å². The summed E-state index contributed by atoms with van der Waals surface area (Å²) in [6.07, 6.45) is 0. The molecule has 0 spiro atoms. The third-order valence-corrected chi connectivity index (χ3v) is 4.56. The summed E-state index contributed by atoms with van der Waals surface area (Å²) < 4.78 is 2.22. The van der Waals surface area contributed by atoms with Crippen LogP contribution in [0, 0.1) is 0 Å². The van der Waals surface area contributed by atoms with Crippen LogP contribution in [0.1, 0.15) is 11.1 Å². The number of hydrogen-bond acceptors (Lipinski definition) is 1. The molecule has 19 heavy (non-hydrogen) atoms. The zero-order chi connectivity index (χ0) is 13.8. The highest BCUT2D eigenvalue weighted by Gasteiger charge is 2.08. The zero-order valence-corrected chi connectivity index (χ0v) is 15.3. The van der Waals surface area contributed by atoms with Crippen LogP contribution in [0.4, 0.5) is 5.69 Å². The van der Waals surface area contributed by atoms with E-state index in [1.165, 1.54) is 16.8 Å². The van der Waals surface area contributed by atoms with Crippen molar-refractivity contribution >= 4 is 53.5 Å². The quantitative estimate of drug-likeness (QED) is 0.540. The number of hydrogen-bond donors (Lipinski definition) is 0. The van der Waals surface area contributed by atoms with Gasteiger partial charge in [-0.25, -0.2) is 0 Å². The highest BCUT2D eigenvalue weighted by atomic mass is 79.9. The fourth-order valence-electron chi connectivity index (χ4n) is 1.95. The third-order valence-electron chi connectivity index (χ3n) is 2.94. The predicted molar refractivity (Wildman–Crippen MR) is 93.0 cm³/mol. The molecule has 0 heterocycles. The van der Waals surface area contributed by atoms with Gasteiger partial charge in [0.05, 0.1) is 0 Å². The van der Waals surface area contributed by atoms with Gasteiger partial charge in [-0.15, -0.1) is 0 Å². The van der Waals surface area contributed by atoms with Gasteiger partial charge in [-0.05, 0) is 35.4 Å². The van der Waals surface area contributed by atoms with Crippen molar-refractivity contribution in [3.63, 3.8) is 0 Å². The molecule has 0 fully saturated rings. The SMILES string of the molecule is CN(Cc1ccc(Br)cc1)c1cc(Br)ccc1CBr. The van der Waals surface area contributed by atoms with Gasteiger partial charge in [0.1, 0.15) is 0 Å². The van der Waals surface area contributed by atoms with Crippen molar-refractivity contribution in [3.05, 3.63) is 62.5 Å². The number of benzene rings is 2. The lowest BCUT2D eigenvalue weighted by atomic mass is 10.1. The van der Waals surface area contributed by atoms with E-state index in [0.29, 0.717) is 0 Å². The average Bonchev–Trinajstić information content (AvgIpc) is 2.41. The molecule has 2 rings (SSSR count). The summed E-state index contributed by atoms with van der Waals surface area (Å²) in [5.41, 5.74) is 3.84. The van der Waals surface area contributed by atoms with Gasteiger partial charge in [-0.3, -0.25) is 0 Å². The first-order valence-corrected chi connectivity index (χ1v) is 8.61. The average molecular weight is 448 g/mol. The molecule has 0 aliphatic heterocycles. The molecular weight excluding hydrogens is 434 g/mol. The Labute approximate surface area is 139 Å². The smallest absolute Gasteiger partial charge is 0.0426 e. The molecule has 4 heteroatoms. The number of anilines is 1. The predicted octanol–water partition coefficient (Wildman–Crippen LogP) is 5.74. The molecule has 0 bridgehead atoms. The van der Waals surface area contributed by atoms with Crippen molar-refractivity contribution in [1.29, 1.82) is 0 Å². The van der Waals surface area contributed by atoms with Crippen molar-refractivity contribution in [3.8, 4) is 0 Å². The minimum absolute atomic E-state index is 0.861. The van der Waals surface area contributed by atoms with E-state index >= 15 is 0 Å². The summed E-state index contributed by atoms with van der Waals surface area (Å²) in [5.74, 6) is 0. The van der Waals surface area contributed by atoms with E-state index in [9.17, 15) is 0 Å². The third kappa shape index (κ3) is 4.07. The van der Waals surface area contributed by atoms with Gasteiger partial charge in [0.25, 0.3) is 0 Å². The highest BCUT2D eigenvalue weighted by Crippen LogP contribution is 2.27. The van der Waals surface area contributed by atoms with E-state index in [-0.39, 0.29) is 0 Å². The maximum Gasteiger partial charge on any atom is 0.0426 e. The fraction of sp³-hybridized carbons (Fsp3) is 0.200. The Bertz CT molecular complexity index is 552. The Morgan fingerprint density at radius 3 is 2.21 bits per heavy atom. The van der Waals surface area contributed by atoms with Crippen molar-refractivity contribution in [2.75, 3.05) is 11.9 Å². The first kappa shape index (κ1) is 15.1. The van der Waals surface area contributed by atoms with Crippen molar-refractivity contribution < 1.29 is 0 Å². The van der Waals surface area contributed by atoms with E-state index in [0.717, 1.165) is 20.8 Å². The number of rotatable bonds is 4. The molecule has 0 saturated heterocycles. The van der Waals surface area contributed by atoms with E-state index in [1.54, 1.807) is 0 Å². The molecule has 0 saturated carbocycles. The molecule has 0 radical (unpaired) electrons. The minimum Gasteiger partial charge on any atom is -0.370 e. The monoisotopic (exact) mass is 445 g/mol. The van der Waals surface area contributed by atoms with E-state index in [1.807, 2.05) is 0 Å². The lowest BCUT2D eigenvalue weighted by molar-refractivity contribution is 0.916. The van der Waals surface area contributed by atoms with E-state index < -0.39 is 0 Å². The molecule has 2 aromatic carbocycles.